The van der Waals surface area contributed by atoms with Gasteiger partial charge in [-0.05, 0) is 37.5 Å². The Morgan fingerprint density at radius 3 is 2.70 bits per heavy atom. The fourth-order valence-corrected chi connectivity index (χ4v) is 2.96. The molecule has 1 aromatic carbocycles. The quantitative estimate of drug-likeness (QED) is 0.704. The van der Waals surface area contributed by atoms with Gasteiger partial charge in [-0.15, -0.1) is 0 Å². The van der Waals surface area contributed by atoms with Gasteiger partial charge in [0.25, 0.3) is 0 Å². The van der Waals surface area contributed by atoms with E-state index < -0.39 is 0 Å². The number of aliphatic hydroxyl groups is 1. The molecule has 0 radical (unpaired) electrons. The molecule has 1 atom stereocenters. The van der Waals surface area contributed by atoms with E-state index in [0.29, 0.717) is 0 Å². The van der Waals surface area contributed by atoms with Crippen molar-refractivity contribution in [2.24, 2.45) is 0 Å². The number of aliphatic hydroxyl groups excluding tert-OH is 1. The number of aryl methyl sites for hydroxylation is 1. The van der Waals surface area contributed by atoms with Crippen LogP contribution in [0.4, 0.5) is 0 Å². The minimum Gasteiger partial charge on any atom is -0.396 e. The first-order valence-electron chi connectivity index (χ1n) is 8.11. The van der Waals surface area contributed by atoms with Gasteiger partial charge < -0.3 is 14.8 Å². The van der Waals surface area contributed by atoms with E-state index in [-0.39, 0.29) is 12.6 Å². The van der Waals surface area contributed by atoms with Crippen molar-refractivity contribution in [3.8, 4) is 0 Å². The predicted octanol–water partition coefficient (Wildman–Crippen LogP) is 3.25. The molecular formula is C19H23N3O. The van der Waals surface area contributed by atoms with Crippen LogP contribution in [0.3, 0.4) is 0 Å². The lowest BCUT2D eigenvalue weighted by atomic mass is 10.0. The van der Waals surface area contributed by atoms with Crippen LogP contribution in [0.15, 0.2) is 54.7 Å². The second kappa shape index (κ2) is 7.40. The molecule has 0 saturated carbocycles. The Hall–Kier alpha value is -2.17. The summed E-state index contributed by atoms with van der Waals surface area (Å²) < 4.78 is 2.14. The Labute approximate surface area is 136 Å². The van der Waals surface area contributed by atoms with Gasteiger partial charge in [0.15, 0.2) is 0 Å². The monoisotopic (exact) mass is 309 g/mol. The van der Waals surface area contributed by atoms with Crippen LogP contribution in [0.2, 0.25) is 0 Å². The van der Waals surface area contributed by atoms with Gasteiger partial charge in [-0.2, -0.15) is 0 Å². The molecule has 0 bridgehead atoms. The van der Waals surface area contributed by atoms with Gasteiger partial charge in [0.2, 0.25) is 0 Å². The van der Waals surface area contributed by atoms with Crippen molar-refractivity contribution >= 4 is 5.65 Å². The summed E-state index contributed by atoms with van der Waals surface area (Å²) in [5.41, 5.74) is 4.48. The number of rotatable bonds is 7. The number of hydrogen-bond donors (Lipinski definition) is 2. The van der Waals surface area contributed by atoms with Gasteiger partial charge in [0.05, 0.1) is 11.4 Å². The highest BCUT2D eigenvalue weighted by Gasteiger charge is 2.13. The number of nitrogens with zero attached hydrogens (tertiary/aromatic N) is 2. The number of imidazole rings is 1. The lowest BCUT2D eigenvalue weighted by Gasteiger charge is -2.19. The van der Waals surface area contributed by atoms with Crippen LogP contribution in [0.1, 0.15) is 35.8 Å². The fourth-order valence-electron chi connectivity index (χ4n) is 2.96. The second-order valence-electron chi connectivity index (χ2n) is 5.78. The molecule has 4 nitrogen and oxygen atoms in total. The van der Waals surface area contributed by atoms with Crippen molar-refractivity contribution in [2.45, 2.75) is 32.4 Å². The lowest BCUT2D eigenvalue weighted by molar-refractivity contribution is 0.274. The van der Waals surface area contributed by atoms with Crippen molar-refractivity contribution in [2.75, 3.05) is 6.61 Å². The van der Waals surface area contributed by atoms with E-state index in [1.165, 1.54) is 11.3 Å². The molecule has 23 heavy (non-hydrogen) atoms. The minimum absolute atomic E-state index is 0.222. The average molecular weight is 309 g/mol. The van der Waals surface area contributed by atoms with Crippen LogP contribution < -0.4 is 5.32 Å². The number of nitrogens with one attached hydrogen (secondary N) is 1. The predicted molar refractivity (Wildman–Crippen MR) is 92.3 cm³/mol. The molecule has 0 amide bonds. The van der Waals surface area contributed by atoms with E-state index in [2.05, 4.69) is 52.1 Å². The summed E-state index contributed by atoms with van der Waals surface area (Å²) in [7, 11) is 0. The minimum atomic E-state index is 0.222. The highest BCUT2D eigenvalue weighted by Crippen LogP contribution is 2.20. The molecule has 0 aliphatic heterocycles. The molecule has 0 fully saturated rings. The zero-order valence-corrected chi connectivity index (χ0v) is 13.4. The van der Waals surface area contributed by atoms with Crippen molar-refractivity contribution in [1.82, 2.24) is 14.7 Å². The number of hydrogen-bond acceptors (Lipinski definition) is 3. The highest BCUT2D eigenvalue weighted by molar-refractivity contribution is 5.42. The highest BCUT2D eigenvalue weighted by atomic mass is 16.2. The van der Waals surface area contributed by atoms with E-state index >= 15 is 0 Å². The Balaban J connectivity index is 1.79. The molecule has 1 unspecified atom stereocenters. The van der Waals surface area contributed by atoms with E-state index in [9.17, 15) is 0 Å². The molecule has 4 heteroatoms. The first-order chi connectivity index (χ1) is 11.3. The largest absolute Gasteiger partial charge is 0.396 e. The van der Waals surface area contributed by atoms with Gasteiger partial charge in [-0.25, -0.2) is 4.98 Å². The third-order valence-corrected chi connectivity index (χ3v) is 4.20. The van der Waals surface area contributed by atoms with Crippen LogP contribution in [0.25, 0.3) is 5.65 Å². The number of fused-ring (bicyclic) bond motifs is 1. The zero-order chi connectivity index (χ0) is 16.1. The maximum atomic E-state index is 9.16. The van der Waals surface area contributed by atoms with Crippen molar-refractivity contribution in [1.29, 1.82) is 0 Å². The van der Waals surface area contributed by atoms with Crippen molar-refractivity contribution < 1.29 is 5.11 Å². The Morgan fingerprint density at radius 2 is 1.91 bits per heavy atom. The molecule has 0 saturated heterocycles. The molecule has 2 N–H and O–H groups in total. The summed E-state index contributed by atoms with van der Waals surface area (Å²) >= 11 is 0. The molecule has 3 aromatic rings. The molecule has 120 valence electrons. The summed E-state index contributed by atoms with van der Waals surface area (Å²) in [6.07, 6.45) is 3.76. The van der Waals surface area contributed by atoms with Crippen LogP contribution in [0.5, 0.6) is 0 Å². The van der Waals surface area contributed by atoms with Crippen LogP contribution in [-0.2, 0) is 6.54 Å². The topological polar surface area (TPSA) is 49.6 Å². The van der Waals surface area contributed by atoms with Crippen LogP contribution in [-0.4, -0.2) is 21.1 Å². The zero-order valence-electron chi connectivity index (χ0n) is 13.4. The van der Waals surface area contributed by atoms with E-state index in [1.807, 2.05) is 24.3 Å². The molecule has 0 aliphatic carbocycles. The summed E-state index contributed by atoms with van der Waals surface area (Å²) in [4.78, 5) is 4.61. The first kappa shape index (κ1) is 15.7. The summed E-state index contributed by atoms with van der Waals surface area (Å²) in [5, 5.41) is 12.8. The molecule has 0 spiro atoms. The molecular weight excluding hydrogens is 286 g/mol. The average Bonchev–Trinajstić information content (AvgIpc) is 2.91. The van der Waals surface area contributed by atoms with Crippen LogP contribution >= 0.6 is 0 Å². The smallest absolute Gasteiger partial charge is 0.137 e. The lowest BCUT2D eigenvalue weighted by Crippen LogP contribution is -2.22. The third kappa shape index (κ3) is 3.60. The van der Waals surface area contributed by atoms with E-state index in [0.717, 1.165) is 30.7 Å². The second-order valence-corrected chi connectivity index (χ2v) is 5.78. The van der Waals surface area contributed by atoms with Crippen molar-refractivity contribution in [3.63, 3.8) is 0 Å². The number of benzene rings is 1. The molecule has 2 aromatic heterocycles. The third-order valence-electron chi connectivity index (χ3n) is 4.20. The Morgan fingerprint density at radius 1 is 1.13 bits per heavy atom. The van der Waals surface area contributed by atoms with Gasteiger partial charge >= 0.3 is 0 Å². The SMILES string of the molecule is Cc1nc2ccccn2c1CNC(CCCO)c1ccccc1. The van der Waals surface area contributed by atoms with E-state index in [4.69, 9.17) is 5.11 Å². The van der Waals surface area contributed by atoms with Crippen molar-refractivity contribution in [3.05, 3.63) is 71.7 Å². The van der Waals surface area contributed by atoms with Gasteiger partial charge in [-0.3, -0.25) is 0 Å². The number of aromatic nitrogens is 2. The molecule has 0 aliphatic rings. The molecule has 3 rings (SSSR count). The van der Waals surface area contributed by atoms with Crippen LogP contribution in [0, 0.1) is 6.92 Å². The Bertz CT molecular complexity index is 752. The maximum absolute atomic E-state index is 9.16. The summed E-state index contributed by atoms with van der Waals surface area (Å²) in [6.45, 7) is 3.02. The molecule has 2 heterocycles. The van der Waals surface area contributed by atoms with Gasteiger partial charge in [0.1, 0.15) is 5.65 Å². The normalized spacial score (nSPS) is 12.6. The standard InChI is InChI=1S/C19H23N3O/c1-15-18(22-12-6-5-11-19(22)21-15)14-20-17(10-7-13-23)16-8-3-2-4-9-16/h2-6,8-9,11-12,17,20,23H,7,10,13-14H2,1H3. The Kier molecular flexibility index (Phi) is 5.05. The van der Waals surface area contributed by atoms with Gasteiger partial charge in [-0.1, -0.05) is 36.4 Å². The fraction of sp³-hybridized carbons (Fsp3) is 0.316. The summed E-state index contributed by atoms with van der Waals surface area (Å²) in [6, 6.07) is 16.7. The maximum Gasteiger partial charge on any atom is 0.137 e. The van der Waals surface area contributed by atoms with E-state index in [1.54, 1.807) is 0 Å². The first-order valence-corrected chi connectivity index (χ1v) is 8.11. The van der Waals surface area contributed by atoms with Gasteiger partial charge in [0, 0.05) is 25.4 Å². The summed E-state index contributed by atoms with van der Waals surface area (Å²) in [5.74, 6) is 0. The number of pyridine rings is 1.